The molecule has 2 rings (SSSR count). The molecule has 0 fully saturated rings. The van der Waals surface area contributed by atoms with Crippen LogP contribution in [0, 0.1) is 0 Å². The van der Waals surface area contributed by atoms with Crippen molar-refractivity contribution in [2.24, 2.45) is 5.10 Å². The number of hydrogen-bond donors (Lipinski definition) is 1. The van der Waals surface area contributed by atoms with Crippen molar-refractivity contribution in [3.63, 3.8) is 0 Å². The van der Waals surface area contributed by atoms with Crippen LogP contribution in [0.15, 0.2) is 53.6 Å². The van der Waals surface area contributed by atoms with E-state index in [-0.39, 0.29) is 6.61 Å². The van der Waals surface area contributed by atoms with Gasteiger partial charge in [0.1, 0.15) is 23.1 Å². The SMILES string of the molecule is COc1ccc(N([C@H](C)C(=O)N/N=C\c2ccc(OCC(=O)OC(C)(C)C)cc2)S(C)(=O)=O)cc1. The zero-order valence-electron chi connectivity index (χ0n) is 20.6. The molecule has 0 aliphatic rings. The number of carbonyl (C=O) groups is 2. The number of methoxy groups -OCH3 is 1. The third-order valence-corrected chi connectivity index (χ3v) is 5.70. The Hall–Kier alpha value is -3.60. The average Bonchev–Trinajstić information content (AvgIpc) is 2.77. The van der Waals surface area contributed by atoms with Gasteiger partial charge in [0.15, 0.2) is 6.61 Å². The fourth-order valence-corrected chi connectivity index (χ4v) is 4.14. The summed E-state index contributed by atoms with van der Waals surface area (Å²) in [5, 5.41) is 3.91. The van der Waals surface area contributed by atoms with Crippen molar-refractivity contribution in [1.29, 1.82) is 0 Å². The van der Waals surface area contributed by atoms with Crippen LogP contribution in [0.3, 0.4) is 0 Å². The number of amides is 1. The maximum absolute atomic E-state index is 12.6. The molecule has 1 amide bonds. The Balaban J connectivity index is 1.97. The second-order valence-corrected chi connectivity index (χ2v) is 10.5. The molecule has 0 radical (unpaired) electrons. The maximum Gasteiger partial charge on any atom is 0.344 e. The third-order valence-electron chi connectivity index (χ3n) is 4.46. The van der Waals surface area contributed by atoms with E-state index >= 15 is 0 Å². The van der Waals surface area contributed by atoms with E-state index in [9.17, 15) is 18.0 Å². The number of nitrogens with one attached hydrogen (secondary N) is 1. The lowest BCUT2D eigenvalue weighted by molar-refractivity contribution is -0.157. The number of benzene rings is 2. The number of nitrogens with zero attached hydrogens (tertiary/aromatic N) is 2. The van der Waals surface area contributed by atoms with Gasteiger partial charge in [0.05, 0.1) is 25.3 Å². The largest absolute Gasteiger partial charge is 0.497 e. The smallest absolute Gasteiger partial charge is 0.344 e. The van der Waals surface area contributed by atoms with Crippen LogP contribution < -0.4 is 19.2 Å². The molecule has 0 unspecified atom stereocenters. The van der Waals surface area contributed by atoms with Gasteiger partial charge in [-0.05, 0) is 81.8 Å². The topological polar surface area (TPSA) is 124 Å². The van der Waals surface area contributed by atoms with Gasteiger partial charge in [0.2, 0.25) is 10.0 Å². The lowest BCUT2D eigenvalue weighted by Crippen LogP contribution is -2.46. The molecule has 1 N–H and O–H groups in total. The fourth-order valence-electron chi connectivity index (χ4n) is 2.97. The highest BCUT2D eigenvalue weighted by Crippen LogP contribution is 2.23. The second-order valence-electron chi connectivity index (χ2n) is 8.61. The molecule has 0 heterocycles. The number of hydrazone groups is 1. The molecule has 0 aromatic heterocycles. The molecule has 190 valence electrons. The molecule has 0 saturated carbocycles. The maximum atomic E-state index is 12.6. The summed E-state index contributed by atoms with van der Waals surface area (Å²) in [6.07, 6.45) is 2.43. The summed E-state index contributed by atoms with van der Waals surface area (Å²) >= 11 is 0. The summed E-state index contributed by atoms with van der Waals surface area (Å²) in [5.74, 6) is -0.0586. The van der Waals surface area contributed by atoms with Gasteiger partial charge in [0, 0.05) is 0 Å². The summed E-state index contributed by atoms with van der Waals surface area (Å²) in [4.78, 5) is 24.3. The van der Waals surface area contributed by atoms with Gasteiger partial charge >= 0.3 is 5.97 Å². The van der Waals surface area contributed by atoms with Crippen LogP contribution in [0.5, 0.6) is 11.5 Å². The quantitative estimate of drug-likeness (QED) is 0.299. The molecule has 0 saturated heterocycles. The average molecular weight is 506 g/mol. The van der Waals surface area contributed by atoms with Crippen molar-refractivity contribution in [3.8, 4) is 11.5 Å². The van der Waals surface area contributed by atoms with Crippen LogP contribution in [0.2, 0.25) is 0 Å². The summed E-state index contributed by atoms with van der Waals surface area (Å²) in [6, 6.07) is 11.9. The molecule has 35 heavy (non-hydrogen) atoms. The van der Waals surface area contributed by atoms with Crippen LogP contribution in [-0.4, -0.2) is 58.1 Å². The summed E-state index contributed by atoms with van der Waals surface area (Å²) < 4.78 is 41.4. The highest BCUT2D eigenvalue weighted by atomic mass is 32.2. The molecular formula is C24H31N3O7S. The van der Waals surface area contributed by atoms with Gasteiger partial charge in [-0.15, -0.1) is 0 Å². The molecule has 0 aliphatic heterocycles. The predicted octanol–water partition coefficient (Wildman–Crippen LogP) is 2.72. The first-order valence-electron chi connectivity index (χ1n) is 10.7. The van der Waals surface area contributed by atoms with Gasteiger partial charge in [-0.1, -0.05) is 0 Å². The monoisotopic (exact) mass is 505 g/mol. The lowest BCUT2D eigenvalue weighted by atomic mass is 10.2. The zero-order chi connectivity index (χ0) is 26.2. The number of rotatable bonds is 10. The molecule has 10 nitrogen and oxygen atoms in total. The Morgan fingerprint density at radius 2 is 1.63 bits per heavy atom. The van der Waals surface area contributed by atoms with E-state index in [0.717, 1.165) is 10.6 Å². The van der Waals surface area contributed by atoms with Crippen LogP contribution in [0.4, 0.5) is 5.69 Å². The first-order chi connectivity index (χ1) is 16.3. The molecule has 2 aromatic carbocycles. The minimum Gasteiger partial charge on any atom is -0.497 e. The number of anilines is 1. The Morgan fingerprint density at radius 3 is 2.14 bits per heavy atom. The normalized spacial score (nSPS) is 12.6. The van der Waals surface area contributed by atoms with E-state index in [2.05, 4.69) is 10.5 Å². The Morgan fingerprint density at radius 1 is 1.06 bits per heavy atom. The second kappa shape index (κ2) is 11.7. The standard InChI is InChI=1S/C24H31N3O7S/c1-17(27(35(6,30)31)19-9-13-20(32-5)14-10-19)23(29)26-25-15-18-7-11-21(12-8-18)33-16-22(28)34-24(2,3)4/h7-15,17H,16H2,1-6H3,(H,26,29)/b25-15-/t17-/m1/s1. The molecule has 2 aromatic rings. The molecule has 1 atom stereocenters. The minimum absolute atomic E-state index is 0.219. The predicted molar refractivity (Wildman–Crippen MR) is 133 cm³/mol. The Kier molecular flexibility index (Phi) is 9.24. The van der Waals surface area contributed by atoms with E-state index < -0.39 is 33.5 Å². The van der Waals surface area contributed by atoms with Gasteiger partial charge < -0.3 is 14.2 Å². The summed E-state index contributed by atoms with van der Waals surface area (Å²) in [7, 11) is -2.25. The summed E-state index contributed by atoms with van der Waals surface area (Å²) in [6.45, 7) is 6.57. The van der Waals surface area contributed by atoms with Gasteiger partial charge in [-0.3, -0.25) is 9.10 Å². The highest BCUT2D eigenvalue weighted by Gasteiger charge is 2.29. The van der Waals surface area contributed by atoms with E-state index in [1.165, 1.54) is 20.2 Å². The van der Waals surface area contributed by atoms with E-state index in [0.29, 0.717) is 22.7 Å². The van der Waals surface area contributed by atoms with Crippen molar-refractivity contribution < 1.29 is 32.2 Å². The van der Waals surface area contributed by atoms with E-state index in [1.807, 2.05) is 0 Å². The number of ether oxygens (including phenoxy) is 3. The van der Waals surface area contributed by atoms with Crippen molar-refractivity contribution >= 4 is 33.8 Å². The van der Waals surface area contributed by atoms with Crippen LogP contribution in [0.25, 0.3) is 0 Å². The lowest BCUT2D eigenvalue weighted by Gasteiger charge is -2.27. The third kappa shape index (κ3) is 8.93. The van der Waals surface area contributed by atoms with Gasteiger partial charge in [-0.25, -0.2) is 18.6 Å². The van der Waals surface area contributed by atoms with Crippen LogP contribution >= 0.6 is 0 Å². The minimum atomic E-state index is -3.75. The fraction of sp³-hybridized carbons (Fsp3) is 0.375. The van der Waals surface area contributed by atoms with E-state index in [1.54, 1.807) is 69.3 Å². The zero-order valence-corrected chi connectivity index (χ0v) is 21.5. The van der Waals surface area contributed by atoms with Gasteiger partial charge in [-0.2, -0.15) is 5.10 Å². The summed E-state index contributed by atoms with van der Waals surface area (Å²) in [5.41, 5.74) is 2.74. The number of sulfonamides is 1. The molecule has 11 heteroatoms. The van der Waals surface area contributed by atoms with Crippen molar-refractivity contribution in [2.75, 3.05) is 24.3 Å². The number of esters is 1. The number of hydrogen-bond acceptors (Lipinski definition) is 8. The van der Waals surface area contributed by atoms with Gasteiger partial charge in [0.25, 0.3) is 5.91 Å². The molecular weight excluding hydrogens is 474 g/mol. The van der Waals surface area contributed by atoms with Crippen molar-refractivity contribution in [3.05, 3.63) is 54.1 Å². The van der Waals surface area contributed by atoms with Crippen LogP contribution in [-0.2, 0) is 24.3 Å². The van der Waals surface area contributed by atoms with Crippen LogP contribution in [0.1, 0.15) is 33.3 Å². The van der Waals surface area contributed by atoms with Crippen molar-refractivity contribution in [1.82, 2.24) is 5.43 Å². The molecule has 0 spiro atoms. The Bertz CT molecular complexity index is 1140. The Labute approximate surface area is 205 Å². The first-order valence-corrected chi connectivity index (χ1v) is 12.6. The molecule has 0 aliphatic carbocycles. The number of carbonyl (C=O) groups excluding carboxylic acids is 2. The highest BCUT2D eigenvalue weighted by molar-refractivity contribution is 7.92. The van der Waals surface area contributed by atoms with Crippen molar-refractivity contribution in [2.45, 2.75) is 39.3 Å². The molecule has 0 bridgehead atoms. The van der Waals surface area contributed by atoms with E-state index in [4.69, 9.17) is 14.2 Å². The first kappa shape index (κ1) is 27.6.